The smallest absolute Gasteiger partial charge is 0.255 e. The van der Waals surface area contributed by atoms with Gasteiger partial charge in [0, 0.05) is 11.4 Å². The van der Waals surface area contributed by atoms with Crippen LogP contribution in [0.1, 0.15) is 35.2 Å². The Morgan fingerprint density at radius 1 is 1.47 bits per heavy atom. The average molecular weight is 326 g/mol. The SMILES string of the molecule is COc1ccc(C)cc1C(=O)NCC1CCCC1Br. The number of carbonyl (C=O) groups is 1. The molecule has 0 saturated heterocycles. The first-order valence-electron chi connectivity index (χ1n) is 6.68. The Morgan fingerprint density at radius 2 is 2.26 bits per heavy atom. The van der Waals surface area contributed by atoms with E-state index in [-0.39, 0.29) is 5.91 Å². The summed E-state index contributed by atoms with van der Waals surface area (Å²) in [5.41, 5.74) is 1.68. The lowest BCUT2D eigenvalue weighted by molar-refractivity contribution is 0.0944. The maximum Gasteiger partial charge on any atom is 0.255 e. The summed E-state index contributed by atoms with van der Waals surface area (Å²) in [6.45, 7) is 2.70. The van der Waals surface area contributed by atoms with Crippen LogP contribution in [0, 0.1) is 12.8 Å². The second-order valence-electron chi connectivity index (χ2n) is 5.12. The number of amides is 1. The van der Waals surface area contributed by atoms with E-state index in [9.17, 15) is 4.79 Å². The highest BCUT2D eigenvalue weighted by Gasteiger charge is 2.25. The summed E-state index contributed by atoms with van der Waals surface area (Å²) in [6, 6.07) is 5.66. The molecular formula is C15H20BrNO2. The summed E-state index contributed by atoms with van der Waals surface area (Å²) < 4.78 is 5.24. The summed E-state index contributed by atoms with van der Waals surface area (Å²) in [5.74, 6) is 1.12. The Bertz CT molecular complexity index is 461. The minimum absolute atomic E-state index is 0.0489. The number of alkyl halides is 1. The zero-order valence-corrected chi connectivity index (χ0v) is 13.0. The molecule has 1 aromatic carbocycles. The van der Waals surface area contributed by atoms with Gasteiger partial charge in [0.2, 0.25) is 0 Å². The van der Waals surface area contributed by atoms with Crippen molar-refractivity contribution in [1.29, 1.82) is 0 Å². The normalized spacial score (nSPS) is 22.3. The van der Waals surface area contributed by atoms with E-state index < -0.39 is 0 Å². The number of carbonyl (C=O) groups excluding carboxylic acids is 1. The Kier molecular flexibility index (Phi) is 4.86. The molecule has 0 aliphatic heterocycles. The molecule has 0 heterocycles. The minimum atomic E-state index is -0.0489. The van der Waals surface area contributed by atoms with Gasteiger partial charge in [0.1, 0.15) is 5.75 Å². The van der Waals surface area contributed by atoms with Crippen molar-refractivity contribution in [3.05, 3.63) is 29.3 Å². The van der Waals surface area contributed by atoms with Crippen LogP contribution in [0.4, 0.5) is 0 Å². The molecule has 0 aromatic heterocycles. The fraction of sp³-hybridized carbons (Fsp3) is 0.533. The number of halogens is 1. The van der Waals surface area contributed by atoms with Crippen molar-refractivity contribution in [2.45, 2.75) is 31.0 Å². The number of methoxy groups -OCH3 is 1. The van der Waals surface area contributed by atoms with Gasteiger partial charge in [-0.2, -0.15) is 0 Å². The summed E-state index contributed by atoms with van der Waals surface area (Å²) in [4.78, 5) is 12.8. The molecule has 1 amide bonds. The minimum Gasteiger partial charge on any atom is -0.496 e. The van der Waals surface area contributed by atoms with Crippen LogP contribution in [0.15, 0.2) is 18.2 Å². The van der Waals surface area contributed by atoms with Crippen LogP contribution in [-0.4, -0.2) is 24.4 Å². The van der Waals surface area contributed by atoms with Gasteiger partial charge in [-0.05, 0) is 37.8 Å². The molecule has 1 N–H and O–H groups in total. The van der Waals surface area contributed by atoms with Gasteiger partial charge in [-0.25, -0.2) is 0 Å². The summed E-state index contributed by atoms with van der Waals surface area (Å²) in [6.07, 6.45) is 3.62. The lowest BCUT2D eigenvalue weighted by Gasteiger charge is -2.16. The molecule has 2 rings (SSSR count). The fourth-order valence-electron chi connectivity index (χ4n) is 2.54. The standard InChI is InChI=1S/C15H20BrNO2/c1-10-6-7-14(19-2)12(8-10)15(18)17-9-11-4-3-5-13(11)16/h6-8,11,13H,3-5,9H2,1-2H3,(H,17,18). The van der Waals surface area contributed by atoms with Crippen molar-refractivity contribution in [2.24, 2.45) is 5.92 Å². The van der Waals surface area contributed by atoms with E-state index in [0.717, 1.165) is 12.1 Å². The molecule has 0 spiro atoms. The van der Waals surface area contributed by atoms with Crippen molar-refractivity contribution in [3.63, 3.8) is 0 Å². The molecule has 3 nitrogen and oxygen atoms in total. The molecule has 1 aliphatic rings. The molecule has 1 aliphatic carbocycles. The quantitative estimate of drug-likeness (QED) is 0.862. The third kappa shape index (κ3) is 3.50. The first-order valence-corrected chi connectivity index (χ1v) is 7.60. The first-order chi connectivity index (χ1) is 9.11. The number of ether oxygens (including phenoxy) is 1. The number of aryl methyl sites for hydroxylation is 1. The van der Waals surface area contributed by atoms with Crippen LogP contribution in [0.25, 0.3) is 0 Å². The van der Waals surface area contributed by atoms with E-state index in [1.54, 1.807) is 7.11 Å². The molecule has 1 fully saturated rings. The first kappa shape index (κ1) is 14.4. The van der Waals surface area contributed by atoms with E-state index in [1.807, 2.05) is 25.1 Å². The number of rotatable bonds is 4. The number of hydrogen-bond acceptors (Lipinski definition) is 2. The summed E-state index contributed by atoms with van der Waals surface area (Å²) in [5, 5.41) is 3.02. The van der Waals surface area contributed by atoms with Crippen molar-refractivity contribution >= 4 is 21.8 Å². The second kappa shape index (κ2) is 6.42. The van der Waals surface area contributed by atoms with Crippen LogP contribution in [0.2, 0.25) is 0 Å². The molecule has 1 aromatic rings. The number of benzene rings is 1. The summed E-state index contributed by atoms with van der Waals surface area (Å²) in [7, 11) is 1.59. The molecular weight excluding hydrogens is 306 g/mol. The van der Waals surface area contributed by atoms with Crippen LogP contribution >= 0.6 is 15.9 Å². The van der Waals surface area contributed by atoms with Crippen LogP contribution < -0.4 is 10.1 Å². The Hall–Kier alpha value is -1.03. The van der Waals surface area contributed by atoms with Crippen molar-refractivity contribution < 1.29 is 9.53 Å². The van der Waals surface area contributed by atoms with Gasteiger partial charge < -0.3 is 10.1 Å². The number of hydrogen-bond donors (Lipinski definition) is 1. The zero-order chi connectivity index (χ0) is 13.8. The lowest BCUT2D eigenvalue weighted by Crippen LogP contribution is -2.31. The molecule has 1 saturated carbocycles. The predicted octanol–water partition coefficient (Wildman–Crippen LogP) is 3.30. The highest BCUT2D eigenvalue weighted by molar-refractivity contribution is 9.09. The van der Waals surface area contributed by atoms with Gasteiger partial charge in [-0.3, -0.25) is 4.79 Å². The van der Waals surface area contributed by atoms with Crippen LogP contribution in [0.5, 0.6) is 5.75 Å². The maximum absolute atomic E-state index is 12.2. The van der Waals surface area contributed by atoms with E-state index in [1.165, 1.54) is 19.3 Å². The van der Waals surface area contributed by atoms with Gasteiger partial charge in [0.15, 0.2) is 0 Å². The van der Waals surface area contributed by atoms with Gasteiger partial charge in [-0.1, -0.05) is 34.0 Å². The highest BCUT2D eigenvalue weighted by atomic mass is 79.9. The van der Waals surface area contributed by atoms with E-state index in [0.29, 0.717) is 22.1 Å². The van der Waals surface area contributed by atoms with Gasteiger partial charge >= 0.3 is 0 Å². The Morgan fingerprint density at radius 3 is 2.89 bits per heavy atom. The Balaban J connectivity index is 2.01. The molecule has 19 heavy (non-hydrogen) atoms. The largest absolute Gasteiger partial charge is 0.496 e. The van der Waals surface area contributed by atoms with Crippen LogP contribution in [-0.2, 0) is 0 Å². The van der Waals surface area contributed by atoms with E-state index >= 15 is 0 Å². The lowest BCUT2D eigenvalue weighted by atomic mass is 10.1. The fourth-order valence-corrected chi connectivity index (χ4v) is 3.31. The highest BCUT2D eigenvalue weighted by Crippen LogP contribution is 2.31. The van der Waals surface area contributed by atoms with Crippen molar-refractivity contribution in [2.75, 3.05) is 13.7 Å². The predicted molar refractivity (Wildman–Crippen MR) is 80.1 cm³/mol. The molecule has 4 heteroatoms. The molecule has 2 atom stereocenters. The second-order valence-corrected chi connectivity index (χ2v) is 6.30. The third-order valence-electron chi connectivity index (χ3n) is 3.69. The zero-order valence-electron chi connectivity index (χ0n) is 11.4. The van der Waals surface area contributed by atoms with Crippen molar-refractivity contribution in [3.8, 4) is 5.75 Å². The van der Waals surface area contributed by atoms with Crippen LogP contribution in [0.3, 0.4) is 0 Å². The van der Waals surface area contributed by atoms with Gasteiger partial charge in [0.25, 0.3) is 5.91 Å². The van der Waals surface area contributed by atoms with Gasteiger partial charge in [-0.15, -0.1) is 0 Å². The van der Waals surface area contributed by atoms with Crippen molar-refractivity contribution in [1.82, 2.24) is 5.32 Å². The monoisotopic (exact) mass is 325 g/mol. The van der Waals surface area contributed by atoms with Gasteiger partial charge in [0.05, 0.1) is 12.7 Å². The molecule has 2 unspecified atom stereocenters. The Labute approximate surface area is 122 Å². The molecule has 0 bridgehead atoms. The van der Waals surface area contributed by atoms with E-state index in [2.05, 4.69) is 21.2 Å². The third-order valence-corrected chi connectivity index (χ3v) is 4.90. The average Bonchev–Trinajstić information content (AvgIpc) is 2.81. The maximum atomic E-state index is 12.2. The van der Waals surface area contributed by atoms with E-state index in [4.69, 9.17) is 4.74 Å². The summed E-state index contributed by atoms with van der Waals surface area (Å²) >= 11 is 3.67. The molecule has 104 valence electrons. The molecule has 0 radical (unpaired) electrons. The number of nitrogens with one attached hydrogen (secondary N) is 1. The topological polar surface area (TPSA) is 38.3 Å².